The van der Waals surface area contributed by atoms with Gasteiger partial charge in [0, 0.05) is 45.7 Å². The number of nitrogens with one attached hydrogen (secondary N) is 3. The maximum absolute atomic E-state index is 11.6. The zero-order chi connectivity index (χ0) is 17.2. The molecule has 0 aromatic carbocycles. The number of hydrogen-bond acceptors (Lipinski definition) is 4. The lowest BCUT2D eigenvalue weighted by Crippen LogP contribution is -2.49. The van der Waals surface area contributed by atoms with Gasteiger partial charge in [0.25, 0.3) is 0 Å². The summed E-state index contributed by atoms with van der Waals surface area (Å²) in [6.07, 6.45) is 3.62. The van der Waals surface area contributed by atoms with Gasteiger partial charge in [-0.05, 0) is 36.8 Å². The van der Waals surface area contributed by atoms with E-state index in [0.29, 0.717) is 19.0 Å². The number of amides is 1. The van der Waals surface area contributed by atoms with Gasteiger partial charge in [0.15, 0.2) is 5.96 Å². The number of hydrogen-bond donors (Lipinski definition) is 3. The van der Waals surface area contributed by atoms with Crippen LogP contribution < -0.4 is 20.9 Å². The minimum absolute atomic E-state index is 0.0871. The first-order chi connectivity index (χ1) is 11.7. The molecule has 1 saturated heterocycles. The van der Waals surface area contributed by atoms with Crippen LogP contribution in [0.1, 0.15) is 32.6 Å². The summed E-state index contributed by atoms with van der Waals surface area (Å²) in [6, 6.07) is 4.72. The second kappa shape index (κ2) is 10.2. The summed E-state index contributed by atoms with van der Waals surface area (Å²) < 4.78 is 0. The highest BCUT2D eigenvalue weighted by molar-refractivity contribution is 7.14. The Morgan fingerprint density at radius 2 is 2.12 bits per heavy atom. The van der Waals surface area contributed by atoms with Crippen LogP contribution in [0.4, 0.5) is 5.00 Å². The number of anilines is 1. The van der Waals surface area contributed by atoms with Gasteiger partial charge in [-0.25, -0.2) is 0 Å². The Labute approximate surface area is 148 Å². The summed E-state index contributed by atoms with van der Waals surface area (Å²) in [4.78, 5) is 18.3. The molecule has 6 nitrogen and oxygen atoms in total. The van der Waals surface area contributed by atoms with Gasteiger partial charge in [-0.15, -0.1) is 11.3 Å². The van der Waals surface area contributed by atoms with E-state index in [1.165, 1.54) is 5.00 Å². The molecule has 0 aliphatic carbocycles. The number of rotatable bonds is 7. The van der Waals surface area contributed by atoms with Gasteiger partial charge < -0.3 is 20.9 Å². The van der Waals surface area contributed by atoms with Crippen molar-refractivity contribution in [2.24, 2.45) is 4.99 Å². The number of carbonyl (C=O) groups excluding carboxylic acids is 1. The first-order valence-electron chi connectivity index (χ1n) is 8.75. The molecule has 1 aliphatic heterocycles. The molecule has 1 fully saturated rings. The van der Waals surface area contributed by atoms with E-state index in [9.17, 15) is 4.79 Å². The van der Waals surface area contributed by atoms with E-state index in [1.807, 2.05) is 6.92 Å². The zero-order valence-corrected chi connectivity index (χ0v) is 15.5. The van der Waals surface area contributed by atoms with Crippen LogP contribution in [0.25, 0.3) is 0 Å². The molecule has 2 heterocycles. The second-order valence-corrected chi connectivity index (χ2v) is 6.88. The van der Waals surface area contributed by atoms with Gasteiger partial charge in [-0.3, -0.25) is 9.79 Å². The Bertz CT molecular complexity index is 509. The standard InChI is InChI=1S/C17H29N5OS/c1-3-9-19-15(23)6-10-20-17(18-2)21-14-7-11-22(12-8-14)16-5-4-13-24-16/h4-5,13-14H,3,6-12H2,1-2H3,(H,19,23)(H2,18,20,21). The van der Waals surface area contributed by atoms with Crippen LogP contribution >= 0.6 is 11.3 Å². The quantitative estimate of drug-likeness (QED) is 0.518. The number of piperidine rings is 1. The number of aliphatic imine (C=N–C) groups is 1. The predicted octanol–water partition coefficient (Wildman–Crippen LogP) is 1.80. The summed E-state index contributed by atoms with van der Waals surface area (Å²) in [7, 11) is 1.77. The molecule has 24 heavy (non-hydrogen) atoms. The average Bonchev–Trinajstić information content (AvgIpc) is 3.14. The van der Waals surface area contributed by atoms with Crippen LogP contribution in [0.5, 0.6) is 0 Å². The zero-order valence-electron chi connectivity index (χ0n) is 14.7. The molecule has 0 unspecified atom stereocenters. The maximum Gasteiger partial charge on any atom is 0.221 e. The summed E-state index contributed by atoms with van der Waals surface area (Å²) >= 11 is 1.80. The lowest BCUT2D eigenvalue weighted by molar-refractivity contribution is -0.120. The van der Waals surface area contributed by atoms with Crippen molar-refractivity contribution in [3.05, 3.63) is 17.5 Å². The van der Waals surface area contributed by atoms with Crippen molar-refractivity contribution in [3.8, 4) is 0 Å². The Morgan fingerprint density at radius 1 is 1.33 bits per heavy atom. The van der Waals surface area contributed by atoms with E-state index >= 15 is 0 Å². The third-order valence-corrected chi connectivity index (χ3v) is 5.02. The molecule has 1 aliphatic rings. The summed E-state index contributed by atoms with van der Waals surface area (Å²) in [5.41, 5.74) is 0. The molecule has 2 rings (SSSR count). The number of thiophene rings is 1. The van der Waals surface area contributed by atoms with Crippen LogP contribution in [0.3, 0.4) is 0 Å². The molecular weight excluding hydrogens is 322 g/mol. The number of guanidine groups is 1. The van der Waals surface area contributed by atoms with Crippen molar-refractivity contribution in [2.75, 3.05) is 38.1 Å². The number of nitrogens with zero attached hydrogens (tertiary/aromatic N) is 2. The molecule has 0 atom stereocenters. The molecule has 0 bridgehead atoms. The first-order valence-corrected chi connectivity index (χ1v) is 9.63. The Hall–Kier alpha value is -1.76. The molecular formula is C17H29N5OS. The van der Waals surface area contributed by atoms with Gasteiger partial charge in [-0.2, -0.15) is 0 Å². The fourth-order valence-corrected chi connectivity index (χ4v) is 3.51. The smallest absolute Gasteiger partial charge is 0.221 e. The highest BCUT2D eigenvalue weighted by Crippen LogP contribution is 2.24. The lowest BCUT2D eigenvalue weighted by atomic mass is 10.1. The van der Waals surface area contributed by atoms with E-state index in [2.05, 4.69) is 43.4 Å². The minimum atomic E-state index is 0.0871. The van der Waals surface area contributed by atoms with Crippen LogP contribution in [0.15, 0.2) is 22.5 Å². The molecule has 1 aromatic heterocycles. The molecule has 134 valence electrons. The van der Waals surface area contributed by atoms with Gasteiger partial charge in [-0.1, -0.05) is 6.92 Å². The van der Waals surface area contributed by atoms with Crippen LogP contribution in [0.2, 0.25) is 0 Å². The molecule has 7 heteroatoms. The van der Waals surface area contributed by atoms with Crippen molar-refractivity contribution >= 4 is 28.2 Å². The summed E-state index contributed by atoms with van der Waals surface area (Å²) in [5, 5.41) is 13.1. The predicted molar refractivity (Wildman–Crippen MR) is 102 cm³/mol. The Morgan fingerprint density at radius 3 is 2.75 bits per heavy atom. The summed E-state index contributed by atoms with van der Waals surface area (Å²) in [6.45, 7) is 5.52. The first kappa shape index (κ1) is 18.6. The third kappa shape index (κ3) is 6.03. The van der Waals surface area contributed by atoms with Crippen LogP contribution in [-0.4, -0.2) is 51.1 Å². The van der Waals surface area contributed by atoms with Gasteiger partial charge >= 0.3 is 0 Å². The Balaban J connectivity index is 1.65. The van der Waals surface area contributed by atoms with Gasteiger partial charge in [0.1, 0.15) is 0 Å². The van der Waals surface area contributed by atoms with Crippen molar-refractivity contribution in [1.29, 1.82) is 0 Å². The molecule has 0 radical (unpaired) electrons. The molecule has 0 spiro atoms. The van der Waals surface area contributed by atoms with Crippen molar-refractivity contribution in [3.63, 3.8) is 0 Å². The fraction of sp³-hybridized carbons (Fsp3) is 0.647. The highest BCUT2D eigenvalue weighted by atomic mass is 32.1. The third-order valence-electron chi connectivity index (χ3n) is 4.09. The van der Waals surface area contributed by atoms with Gasteiger partial charge in [0.05, 0.1) is 5.00 Å². The molecule has 1 aromatic rings. The van der Waals surface area contributed by atoms with E-state index in [1.54, 1.807) is 18.4 Å². The minimum Gasteiger partial charge on any atom is -0.363 e. The largest absolute Gasteiger partial charge is 0.363 e. The molecule has 1 amide bonds. The van der Waals surface area contributed by atoms with Gasteiger partial charge in [0.2, 0.25) is 5.91 Å². The monoisotopic (exact) mass is 351 g/mol. The van der Waals surface area contributed by atoms with E-state index in [0.717, 1.165) is 44.9 Å². The Kier molecular flexibility index (Phi) is 7.88. The fourth-order valence-electron chi connectivity index (χ4n) is 2.73. The van der Waals surface area contributed by atoms with Crippen molar-refractivity contribution in [1.82, 2.24) is 16.0 Å². The van der Waals surface area contributed by atoms with Crippen molar-refractivity contribution in [2.45, 2.75) is 38.6 Å². The molecule has 0 saturated carbocycles. The van der Waals surface area contributed by atoms with Crippen LogP contribution in [-0.2, 0) is 4.79 Å². The van der Waals surface area contributed by atoms with Crippen molar-refractivity contribution < 1.29 is 4.79 Å². The van der Waals surface area contributed by atoms with E-state index < -0.39 is 0 Å². The lowest BCUT2D eigenvalue weighted by Gasteiger charge is -2.33. The normalized spacial score (nSPS) is 16.1. The summed E-state index contributed by atoms with van der Waals surface area (Å²) in [5.74, 6) is 0.872. The SMILES string of the molecule is CCCNC(=O)CCNC(=NC)NC1CCN(c2cccs2)CC1. The maximum atomic E-state index is 11.6. The average molecular weight is 352 g/mol. The number of carbonyl (C=O) groups is 1. The van der Waals surface area contributed by atoms with E-state index in [4.69, 9.17) is 0 Å². The topological polar surface area (TPSA) is 68.8 Å². The highest BCUT2D eigenvalue weighted by Gasteiger charge is 2.20. The second-order valence-electron chi connectivity index (χ2n) is 5.96. The van der Waals surface area contributed by atoms with Crippen LogP contribution in [0, 0.1) is 0 Å². The molecule has 3 N–H and O–H groups in total. The van der Waals surface area contributed by atoms with E-state index in [-0.39, 0.29) is 5.91 Å².